The molecule has 0 unspecified atom stereocenters. The first kappa shape index (κ1) is 17.7. The third kappa shape index (κ3) is 4.94. The first-order chi connectivity index (χ1) is 12.3. The van der Waals surface area contributed by atoms with E-state index >= 15 is 0 Å². The maximum atomic E-state index is 4.74. The van der Waals surface area contributed by atoms with Gasteiger partial charge in [0.1, 0.15) is 5.82 Å². The lowest BCUT2D eigenvalue weighted by atomic mass is 9.87. The van der Waals surface area contributed by atoms with Crippen molar-refractivity contribution in [3.8, 4) is 0 Å². The summed E-state index contributed by atoms with van der Waals surface area (Å²) in [6.45, 7) is 6.15. The van der Waals surface area contributed by atoms with Crippen LogP contribution in [0.4, 0.5) is 0 Å². The van der Waals surface area contributed by atoms with Crippen LogP contribution in [0, 0.1) is 5.92 Å². The smallest absolute Gasteiger partial charge is 0.191 e. The van der Waals surface area contributed by atoms with E-state index in [9.17, 15) is 0 Å². The van der Waals surface area contributed by atoms with Crippen LogP contribution in [0.5, 0.6) is 0 Å². The highest BCUT2D eigenvalue weighted by Gasteiger charge is 2.18. The summed E-state index contributed by atoms with van der Waals surface area (Å²) < 4.78 is 2.05. The summed E-state index contributed by atoms with van der Waals surface area (Å²) >= 11 is 0. The summed E-state index contributed by atoms with van der Waals surface area (Å²) in [5.41, 5.74) is 0.905. The van der Waals surface area contributed by atoms with Gasteiger partial charge in [-0.1, -0.05) is 13.0 Å². The summed E-state index contributed by atoms with van der Waals surface area (Å²) in [7, 11) is 0. The molecule has 2 aromatic rings. The lowest BCUT2D eigenvalue weighted by Gasteiger charge is -2.28. The first-order valence-corrected chi connectivity index (χ1v) is 9.59. The Morgan fingerprint density at radius 3 is 2.88 bits per heavy atom. The van der Waals surface area contributed by atoms with Gasteiger partial charge in [-0.2, -0.15) is 0 Å². The molecule has 0 radical (unpaired) electrons. The highest BCUT2D eigenvalue weighted by Crippen LogP contribution is 2.23. The Balaban J connectivity index is 1.49. The Hall–Kier alpha value is -2.11. The van der Waals surface area contributed by atoms with E-state index in [4.69, 9.17) is 4.99 Å². The van der Waals surface area contributed by atoms with Crippen molar-refractivity contribution in [2.45, 2.75) is 58.4 Å². The second-order valence-electron chi connectivity index (χ2n) is 7.01. The van der Waals surface area contributed by atoms with Gasteiger partial charge < -0.3 is 10.6 Å². The van der Waals surface area contributed by atoms with E-state index in [2.05, 4.69) is 39.1 Å². The van der Waals surface area contributed by atoms with Crippen molar-refractivity contribution in [1.29, 1.82) is 0 Å². The van der Waals surface area contributed by atoms with E-state index in [1.165, 1.54) is 25.7 Å². The molecular weight excluding hydrogens is 312 g/mol. The molecule has 1 saturated carbocycles. The zero-order valence-corrected chi connectivity index (χ0v) is 15.4. The van der Waals surface area contributed by atoms with Gasteiger partial charge in [-0.05, 0) is 57.1 Å². The SMILES string of the molecule is CCNC(=NCCCc1nnc2ccccn12)NC1CCC(C)CC1. The number of nitrogens with one attached hydrogen (secondary N) is 2. The number of pyridine rings is 1. The fraction of sp³-hybridized carbons (Fsp3) is 0.632. The first-order valence-electron chi connectivity index (χ1n) is 9.59. The summed E-state index contributed by atoms with van der Waals surface area (Å²) in [5.74, 6) is 2.83. The van der Waals surface area contributed by atoms with Gasteiger partial charge in [0.2, 0.25) is 0 Å². The van der Waals surface area contributed by atoms with Gasteiger partial charge in [0.15, 0.2) is 11.6 Å². The van der Waals surface area contributed by atoms with E-state index in [0.29, 0.717) is 6.04 Å². The number of hydrogen-bond acceptors (Lipinski definition) is 3. The zero-order chi connectivity index (χ0) is 17.5. The van der Waals surface area contributed by atoms with Crippen LogP contribution in [-0.4, -0.2) is 39.7 Å². The van der Waals surface area contributed by atoms with Crippen molar-refractivity contribution in [2.24, 2.45) is 10.9 Å². The average molecular weight is 342 g/mol. The van der Waals surface area contributed by atoms with Crippen molar-refractivity contribution in [3.05, 3.63) is 30.2 Å². The molecule has 0 saturated heterocycles. The third-order valence-corrected chi connectivity index (χ3v) is 4.91. The molecule has 2 heterocycles. The second kappa shape index (κ2) is 8.83. The van der Waals surface area contributed by atoms with Gasteiger partial charge in [-0.15, -0.1) is 10.2 Å². The highest BCUT2D eigenvalue weighted by molar-refractivity contribution is 5.80. The average Bonchev–Trinajstić information content (AvgIpc) is 3.04. The van der Waals surface area contributed by atoms with Gasteiger partial charge in [-0.3, -0.25) is 9.39 Å². The lowest BCUT2D eigenvalue weighted by molar-refractivity contribution is 0.329. The molecule has 1 aliphatic rings. The maximum absolute atomic E-state index is 4.74. The lowest BCUT2D eigenvalue weighted by Crippen LogP contribution is -2.44. The summed E-state index contributed by atoms with van der Waals surface area (Å²) in [4.78, 5) is 4.74. The van der Waals surface area contributed by atoms with Gasteiger partial charge in [0, 0.05) is 31.7 Å². The van der Waals surface area contributed by atoms with Crippen molar-refractivity contribution < 1.29 is 0 Å². The molecule has 6 nitrogen and oxygen atoms in total. The van der Waals surface area contributed by atoms with Crippen LogP contribution in [0.25, 0.3) is 5.65 Å². The molecule has 2 aromatic heterocycles. The summed E-state index contributed by atoms with van der Waals surface area (Å²) in [6.07, 6.45) is 9.00. The minimum atomic E-state index is 0.564. The molecule has 1 fully saturated rings. The Morgan fingerprint density at radius 2 is 2.08 bits per heavy atom. The molecule has 25 heavy (non-hydrogen) atoms. The van der Waals surface area contributed by atoms with E-state index in [1.54, 1.807) is 0 Å². The van der Waals surface area contributed by atoms with Crippen molar-refractivity contribution in [3.63, 3.8) is 0 Å². The van der Waals surface area contributed by atoms with Crippen LogP contribution in [0.3, 0.4) is 0 Å². The molecule has 6 heteroatoms. The van der Waals surface area contributed by atoms with Crippen LogP contribution in [0.2, 0.25) is 0 Å². The number of guanidine groups is 1. The monoisotopic (exact) mass is 342 g/mol. The number of aryl methyl sites for hydroxylation is 1. The van der Waals surface area contributed by atoms with Gasteiger partial charge in [0.05, 0.1) is 0 Å². The molecule has 0 aliphatic heterocycles. The predicted octanol–water partition coefficient (Wildman–Crippen LogP) is 2.80. The molecule has 3 rings (SSSR count). The number of nitrogens with zero attached hydrogens (tertiary/aromatic N) is 4. The fourth-order valence-corrected chi connectivity index (χ4v) is 3.41. The Kier molecular flexibility index (Phi) is 6.25. The van der Waals surface area contributed by atoms with Crippen LogP contribution in [0.1, 0.15) is 51.8 Å². The Labute approximate surface area is 150 Å². The number of hydrogen-bond donors (Lipinski definition) is 2. The molecule has 0 amide bonds. The molecule has 0 spiro atoms. The number of aromatic nitrogens is 3. The third-order valence-electron chi connectivity index (χ3n) is 4.91. The maximum Gasteiger partial charge on any atom is 0.191 e. The van der Waals surface area contributed by atoms with Gasteiger partial charge in [-0.25, -0.2) is 0 Å². The Morgan fingerprint density at radius 1 is 1.24 bits per heavy atom. The van der Waals surface area contributed by atoms with E-state index in [0.717, 1.165) is 49.3 Å². The molecule has 0 aromatic carbocycles. The largest absolute Gasteiger partial charge is 0.357 e. The van der Waals surface area contributed by atoms with Crippen molar-refractivity contribution in [2.75, 3.05) is 13.1 Å². The highest BCUT2D eigenvalue weighted by atomic mass is 15.2. The van der Waals surface area contributed by atoms with Crippen LogP contribution < -0.4 is 10.6 Å². The number of rotatable bonds is 6. The van der Waals surface area contributed by atoms with E-state index in [1.807, 2.05) is 24.4 Å². The minimum absolute atomic E-state index is 0.564. The zero-order valence-electron chi connectivity index (χ0n) is 15.4. The van der Waals surface area contributed by atoms with Crippen molar-refractivity contribution >= 4 is 11.6 Å². The molecule has 1 aliphatic carbocycles. The van der Waals surface area contributed by atoms with Gasteiger partial charge in [0.25, 0.3) is 0 Å². The fourth-order valence-electron chi connectivity index (χ4n) is 3.41. The molecule has 2 N–H and O–H groups in total. The van der Waals surface area contributed by atoms with Gasteiger partial charge >= 0.3 is 0 Å². The summed E-state index contributed by atoms with van der Waals surface area (Å²) in [5, 5.41) is 15.5. The molecule has 136 valence electrons. The van der Waals surface area contributed by atoms with Crippen LogP contribution >= 0.6 is 0 Å². The summed E-state index contributed by atoms with van der Waals surface area (Å²) in [6, 6.07) is 6.54. The number of aliphatic imine (C=N–C) groups is 1. The number of fused-ring (bicyclic) bond motifs is 1. The van der Waals surface area contributed by atoms with Crippen molar-refractivity contribution in [1.82, 2.24) is 25.2 Å². The van der Waals surface area contributed by atoms with E-state index < -0.39 is 0 Å². The minimum Gasteiger partial charge on any atom is -0.357 e. The predicted molar refractivity (Wildman–Crippen MR) is 102 cm³/mol. The Bertz CT molecular complexity index is 684. The quantitative estimate of drug-likeness (QED) is 0.481. The van der Waals surface area contributed by atoms with E-state index in [-0.39, 0.29) is 0 Å². The molecular formula is C19H30N6. The van der Waals surface area contributed by atoms with Crippen LogP contribution in [0.15, 0.2) is 29.4 Å². The normalized spacial score (nSPS) is 21.4. The molecule has 0 bridgehead atoms. The molecule has 0 atom stereocenters. The van der Waals surface area contributed by atoms with Crippen LogP contribution in [-0.2, 0) is 6.42 Å². The second-order valence-corrected chi connectivity index (χ2v) is 7.01. The standard InChI is InChI=1S/C19H30N6/c1-3-20-19(22-16-11-9-15(2)10-12-16)21-13-6-8-18-24-23-17-7-4-5-14-25(17)18/h4-5,7,14-16H,3,6,8-13H2,1-2H3,(H2,20,21,22). The topological polar surface area (TPSA) is 66.6 Å².